The van der Waals surface area contributed by atoms with Gasteiger partial charge >= 0.3 is 5.97 Å². The molecule has 8 heteroatoms. The smallest absolute Gasteiger partial charge is 0.323 e. The topological polar surface area (TPSA) is 83.9 Å². The number of benzene rings is 2. The molecule has 1 aliphatic heterocycles. The fourth-order valence-corrected chi connectivity index (χ4v) is 6.79. The summed E-state index contributed by atoms with van der Waals surface area (Å²) in [5.74, 6) is -1.23. The minimum atomic E-state index is -1.01. The number of nitrogens with zero attached hydrogens (tertiary/aromatic N) is 1. The third-order valence-corrected chi connectivity index (χ3v) is 8.53. The van der Waals surface area contributed by atoms with Crippen molar-refractivity contribution in [3.8, 4) is 5.75 Å². The molecule has 3 aliphatic rings. The lowest BCUT2D eigenvalue weighted by Gasteiger charge is -2.48. The molecule has 0 saturated carbocycles. The van der Waals surface area contributed by atoms with Crippen LogP contribution in [0.25, 0.3) is 0 Å². The highest BCUT2D eigenvalue weighted by atomic mass is 35.5. The number of hydrogen-bond acceptors (Lipinski definition) is 5. The summed E-state index contributed by atoms with van der Waals surface area (Å²) < 4.78 is 6.30. The molecule has 0 bridgehead atoms. The first-order valence-corrected chi connectivity index (χ1v) is 14.2. The van der Waals surface area contributed by atoms with E-state index in [4.69, 9.17) is 27.9 Å². The number of aliphatic carboxylic acids is 1. The van der Waals surface area contributed by atoms with E-state index in [0.29, 0.717) is 69.6 Å². The lowest BCUT2D eigenvalue weighted by molar-refractivity contribution is -0.138. The van der Waals surface area contributed by atoms with Gasteiger partial charge in [-0.1, -0.05) is 75.2 Å². The van der Waals surface area contributed by atoms with Crippen molar-refractivity contribution >= 4 is 40.7 Å². The Bertz CT molecular complexity index is 1430. The van der Waals surface area contributed by atoms with Crippen LogP contribution >= 0.6 is 23.2 Å². The van der Waals surface area contributed by atoms with Crippen LogP contribution in [0.4, 0.5) is 0 Å². The van der Waals surface area contributed by atoms with Gasteiger partial charge in [0.05, 0.1) is 0 Å². The molecule has 210 valence electrons. The summed E-state index contributed by atoms with van der Waals surface area (Å²) in [6, 6.07) is 12.7. The maximum Gasteiger partial charge on any atom is 0.323 e. The lowest BCUT2D eigenvalue weighted by atomic mass is 9.63. The average molecular weight is 583 g/mol. The first-order chi connectivity index (χ1) is 18.8. The largest absolute Gasteiger partial charge is 0.489 e. The third kappa shape index (κ3) is 5.44. The SMILES string of the molecule is CC1(C)CC(=O)C2=C(C1)N(CC(=O)O)C1=C(C(=O)CC(C)(C)C1)C2c1ccccc1OCc1ccc(Cl)cc1Cl. The number of ether oxygens (including phenoxy) is 1. The van der Waals surface area contributed by atoms with Crippen LogP contribution in [0.2, 0.25) is 10.0 Å². The first-order valence-electron chi connectivity index (χ1n) is 13.4. The molecule has 2 aliphatic carbocycles. The molecule has 0 radical (unpaired) electrons. The van der Waals surface area contributed by atoms with Gasteiger partial charge in [-0.25, -0.2) is 0 Å². The molecule has 40 heavy (non-hydrogen) atoms. The molecule has 0 unspecified atom stereocenters. The zero-order chi connectivity index (χ0) is 29.0. The van der Waals surface area contributed by atoms with E-state index in [-0.39, 0.29) is 35.5 Å². The Labute approximate surface area is 244 Å². The predicted octanol–water partition coefficient (Wildman–Crippen LogP) is 7.34. The molecule has 0 saturated heterocycles. The number of halogens is 2. The molecule has 2 aromatic carbocycles. The summed E-state index contributed by atoms with van der Waals surface area (Å²) in [6.07, 6.45) is 1.70. The van der Waals surface area contributed by atoms with Crippen molar-refractivity contribution in [2.24, 2.45) is 10.8 Å². The number of para-hydroxylation sites is 1. The maximum absolute atomic E-state index is 13.9. The second kappa shape index (κ2) is 10.4. The second-order valence-electron chi connectivity index (χ2n) is 12.6. The van der Waals surface area contributed by atoms with Crippen molar-refractivity contribution < 1.29 is 24.2 Å². The highest BCUT2D eigenvalue weighted by molar-refractivity contribution is 6.35. The number of allylic oxidation sites excluding steroid dienone is 4. The first kappa shape index (κ1) is 28.4. The molecular weight excluding hydrogens is 549 g/mol. The van der Waals surface area contributed by atoms with Crippen molar-refractivity contribution in [3.05, 3.63) is 86.2 Å². The van der Waals surface area contributed by atoms with Gasteiger partial charge in [0.1, 0.15) is 18.9 Å². The van der Waals surface area contributed by atoms with E-state index in [1.807, 2.05) is 52.0 Å². The van der Waals surface area contributed by atoms with Gasteiger partial charge in [-0.3, -0.25) is 14.4 Å². The Hall–Kier alpha value is -3.09. The number of carbonyl (C=O) groups excluding carboxylic acids is 2. The monoisotopic (exact) mass is 581 g/mol. The molecule has 5 rings (SSSR count). The van der Waals surface area contributed by atoms with Crippen molar-refractivity contribution in [2.45, 2.75) is 65.9 Å². The summed E-state index contributed by atoms with van der Waals surface area (Å²) in [7, 11) is 0. The van der Waals surface area contributed by atoms with Crippen LogP contribution < -0.4 is 4.74 Å². The van der Waals surface area contributed by atoms with Crippen molar-refractivity contribution in [3.63, 3.8) is 0 Å². The van der Waals surface area contributed by atoms with E-state index in [1.165, 1.54) is 0 Å². The number of hydrogen-bond donors (Lipinski definition) is 1. The zero-order valence-electron chi connectivity index (χ0n) is 23.1. The minimum Gasteiger partial charge on any atom is -0.489 e. The molecule has 0 amide bonds. The van der Waals surface area contributed by atoms with Gasteiger partial charge in [0.25, 0.3) is 0 Å². The van der Waals surface area contributed by atoms with Crippen LogP contribution in [-0.4, -0.2) is 34.1 Å². The number of carboxylic acid groups (broad SMARTS) is 1. The van der Waals surface area contributed by atoms with Crippen LogP contribution in [0.3, 0.4) is 0 Å². The number of carboxylic acids is 1. The quantitative estimate of drug-likeness (QED) is 0.384. The van der Waals surface area contributed by atoms with Crippen LogP contribution in [-0.2, 0) is 21.0 Å². The highest BCUT2D eigenvalue weighted by Gasteiger charge is 2.49. The standard InChI is InChI=1S/C32H33Cl2NO5/c1-31(2)12-22-29(24(36)14-31)28(30-23(35(22)16-27(38)39)13-32(3,4)15-25(30)37)20-7-5-6-8-26(20)40-17-18-9-10-19(33)11-21(18)34/h5-11,28H,12-17H2,1-4H3,(H,38,39). The van der Waals surface area contributed by atoms with Crippen LogP contribution in [0, 0.1) is 10.8 Å². The van der Waals surface area contributed by atoms with Gasteiger partial charge in [0.15, 0.2) is 11.6 Å². The van der Waals surface area contributed by atoms with Gasteiger partial charge in [0.2, 0.25) is 0 Å². The summed E-state index contributed by atoms with van der Waals surface area (Å²) >= 11 is 12.5. The number of rotatable bonds is 6. The molecule has 0 spiro atoms. The Morgan fingerprint density at radius 1 is 0.925 bits per heavy atom. The maximum atomic E-state index is 13.9. The van der Waals surface area contributed by atoms with Crippen molar-refractivity contribution in [1.29, 1.82) is 0 Å². The summed E-state index contributed by atoms with van der Waals surface area (Å²) in [6.45, 7) is 7.96. The molecule has 6 nitrogen and oxygen atoms in total. The fraction of sp³-hybridized carbons (Fsp3) is 0.406. The van der Waals surface area contributed by atoms with Crippen molar-refractivity contribution in [2.75, 3.05) is 6.54 Å². The fourth-order valence-electron chi connectivity index (χ4n) is 6.33. The molecule has 0 fully saturated rings. The van der Waals surface area contributed by atoms with Crippen LogP contribution in [0.1, 0.15) is 70.4 Å². The zero-order valence-corrected chi connectivity index (χ0v) is 24.7. The Morgan fingerprint density at radius 2 is 1.50 bits per heavy atom. The normalized spacial score (nSPS) is 20.4. The van der Waals surface area contributed by atoms with Crippen molar-refractivity contribution in [1.82, 2.24) is 4.90 Å². The Kier molecular flexibility index (Phi) is 7.38. The van der Waals surface area contributed by atoms with E-state index in [9.17, 15) is 19.5 Å². The Morgan fingerprint density at radius 3 is 2.05 bits per heavy atom. The minimum absolute atomic E-state index is 0.0635. The van der Waals surface area contributed by atoms with E-state index >= 15 is 0 Å². The van der Waals surface area contributed by atoms with Gasteiger partial charge in [0, 0.05) is 62.5 Å². The molecule has 2 aromatic rings. The Balaban J connectivity index is 1.68. The van der Waals surface area contributed by atoms with Gasteiger partial charge in [-0.15, -0.1) is 0 Å². The van der Waals surface area contributed by atoms with E-state index in [1.54, 1.807) is 23.1 Å². The third-order valence-electron chi connectivity index (χ3n) is 7.94. The van der Waals surface area contributed by atoms with Gasteiger partial charge in [-0.2, -0.15) is 0 Å². The van der Waals surface area contributed by atoms with E-state index in [2.05, 4.69) is 0 Å². The van der Waals surface area contributed by atoms with E-state index < -0.39 is 11.9 Å². The molecule has 0 aromatic heterocycles. The molecule has 1 N–H and O–H groups in total. The number of carbonyl (C=O) groups is 3. The average Bonchev–Trinajstić information content (AvgIpc) is 2.83. The summed E-state index contributed by atoms with van der Waals surface area (Å²) in [5.41, 5.74) is 3.20. The predicted molar refractivity (Wildman–Crippen MR) is 154 cm³/mol. The summed E-state index contributed by atoms with van der Waals surface area (Å²) in [4.78, 5) is 41.6. The lowest BCUT2D eigenvalue weighted by Crippen LogP contribution is -2.45. The van der Waals surface area contributed by atoms with Crippen LogP contribution in [0.15, 0.2) is 65.0 Å². The van der Waals surface area contributed by atoms with Gasteiger partial charge < -0.3 is 14.7 Å². The number of ketones is 2. The van der Waals surface area contributed by atoms with E-state index in [0.717, 1.165) is 5.56 Å². The van der Waals surface area contributed by atoms with Gasteiger partial charge in [-0.05, 0) is 41.9 Å². The second-order valence-corrected chi connectivity index (χ2v) is 13.4. The summed E-state index contributed by atoms with van der Waals surface area (Å²) in [5, 5.41) is 10.9. The molecular formula is C32H33Cl2NO5. The van der Waals surface area contributed by atoms with Crippen LogP contribution in [0.5, 0.6) is 5.75 Å². The number of Topliss-reactive ketones (excluding diaryl/α,β-unsaturated/α-hetero) is 2. The highest BCUT2D eigenvalue weighted by Crippen LogP contribution is 2.55. The molecule has 0 atom stereocenters. The molecule has 1 heterocycles.